The predicted molar refractivity (Wildman–Crippen MR) is 80.4 cm³/mol. The van der Waals surface area contributed by atoms with Crippen molar-refractivity contribution in [3.05, 3.63) is 39.6 Å². The molecular formula is C15H14Cl2N2O. The van der Waals surface area contributed by atoms with Crippen LogP contribution in [0.3, 0.4) is 0 Å². The molecule has 0 unspecified atom stereocenters. The van der Waals surface area contributed by atoms with Crippen LogP contribution in [0.15, 0.2) is 18.2 Å². The Morgan fingerprint density at radius 1 is 1.00 bits per heavy atom. The van der Waals surface area contributed by atoms with E-state index in [2.05, 4.69) is 9.97 Å². The van der Waals surface area contributed by atoms with Crippen LogP contribution in [0.5, 0.6) is 5.75 Å². The van der Waals surface area contributed by atoms with Gasteiger partial charge in [-0.2, -0.15) is 0 Å². The fourth-order valence-electron chi connectivity index (χ4n) is 2.50. The Labute approximate surface area is 127 Å². The molecule has 3 nitrogen and oxygen atoms in total. The molecular weight excluding hydrogens is 295 g/mol. The van der Waals surface area contributed by atoms with E-state index in [-0.39, 0.29) is 10.8 Å². The number of nitrogens with zero attached hydrogens (tertiary/aromatic N) is 2. The summed E-state index contributed by atoms with van der Waals surface area (Å²) in [5, 5.41) is 10.3. The molecule has 1 aliphatic carbocycles. The third-order valence-electron chi connectivity index (χ3n) is 3.59. The van der Waals surface area contributed by atoms with Gasteiger partial charge in [0.25, 0.3) is 0 Å². The molecule has 0 fully saturated rings. The molecule has 0 amide bonds. The van der Waals surface area contributed by atoms with E-state index >= 15 is 0 Å². The second kappa shape index (κ2) is 5.58. The van der Waals surface area contributed by atoms with E-state index in [1.165, 1.54) is 6.42 Å². The topological polar surface area (TPSA) is 46.0 Å². The molecule has 0 atom stereocenters. The van der Waals surface area contributed by atoms with Crippen LogP contribution in [0.4, 0.5) is 0 Å². The minimum Gasteiger partial charge on any atom is -0.506 e. The molecule has 1 heterocycles. The molecule has 1 aliphatic rings. The van der Waals surface area contributed by atoms with Crippen LogP contribution < -0.4 is 0 Å². The number of halogens is 2. The summed E-state index contributed by atoms with van der Waals surface area (Å²) < 4.78 is 0. The maximum Gasteiger partial charge on any atom is 0.161 e. The van der Waals surface area contributed by atoms with E-state index < -0.39 is 0 Å². The quantitative estimate of drug-likeness (QED) is 0.626. The van der Waals surface area contributed by atoms with Crippen molar-refractivity contribution in [2.24, 2.45) is 0 Å². The summed E-state index contributed by atoms with van der Waals surface area (Å²) in [5.74, 6) is 0.619. The SMILES string of the molecule is Oc1ccc(-c2nc(Cl)c3c(n2)CCCCC3)cc1Cl. The summed E-state index contributed by atoms with van der Waals surface area (Å²) >= 11 is 12.2. The highest BCUT2D eigenvalue weighted by Gasteiger charge is 2.16. The van der Waals surface area contributed by atoms with Crippen LogP contribution in [0.1, 0.15) is 30.5 Å². The number of fused-ring (bicyclic) bond motifs is 1. The minimum absolute atomic E-state index is 0.0521. The van der Waals surface area contributed by atoms with Gasteiger partial charge in [0, 0.05) is 16.8 Å². The van der Waals surface area contributed by atoms with Gasteiger partial charge in [0.05, 0.1) is 5.02 Å². The monoisotopic (exact) mass is 308 g/mol. The molecule has 104 valence electrons. The third-order valence-corrected chi connectivity index (χ3v) is 4.20. The fraction of sp³-hybridized carbons (Fsp3) is 0.333. The van der Waals surface area contributed by atoms with Gasteiger partial charge in [0.1, 0.15) is 10.9 Å². The first-order valence-corrected chi connectivity index (χ1v) is 7.45. The van der Waals surface area contributed by atoms with Gasteiger partial charge in [0.15, 0.2) is 5.82 Å². The Morgan fingerprint density at radius 3 is 2.60 bits per heavy atom. The standard InChI is InChI=1S/C15H14Cl2N2O/c16-11-8-9(6-7-13(11)20)15-18-12-5-3-1-2-4-10(12)14(17)19-15/h6-8,20H,1-5H2. The average Bonchev–Trinajstić information content (AvgIpc) is 2.67. The molecule has 5 heteroatoms. The smallest absolute Gasteiger partial charge is 0.161 e. The molecule has 0 radical (unpaired) electrons. The molecule has 1 aromatic carbocycles. The van der Waals surface area contributed by atoms with Crippen molar-refractivity contribution in [2.45, 2.75) is 32.1 Å². The number of aromatic nitrogens is 2. The highest BCUT2D eigenvalue weighted by Crippen LogP contribution is 2.31. The van der Waals surface area contributed by atoms with Gasteiger partial charge in [-0.3, -0.25) is 0 Å². The number of rotatable bonds is 1. The van der Waals surface area contributed by atoms with Crippen LogP contribution in [0.2, 0.25) is 10.2 Å². The molecule has 0 saturated heterocycles. The molecule has 0 aliphatic heterocycles. The number of aromatic hydroxyl groups is 1. The summed E-state index contributed by atoms with van der Waals surface area (Å²) in [4.78, 5) is 9.02. The van der Waals surface area contributed by atoms with Gasteiger partial charge in [-0.25, -0.2) is 9.97 Å². The van der Waals surface area contributed by atoms with Gasteiger partial charge >= 0.3 is 0 Å². The van der Waals surface area contributed by atoms with Gasteiger partial charge in [-0.05, 0) is 43.9 Å². The zero-order valence-electron chi connectivity index (χ0n) is 10.9. The second-order valence-electron chi connectivity index (χ2n) is 4.99. The summed E-state index contributed by atoms with van der Waals surface area (Å²) in [6, 6.07) is 4.95. The van der Waals surface area contributed by atoms with E-state index in [0.29, 0.717) is 11.0 Å². The first-order chi connectivity index (χ1) is 9.65. The Morgan fingerprint density at radius 2 is 1.80 bits per heavy atom. The lowest BCUT2D eigenvalue weighted by molar-refractivity contribution is 0.475. The number of benzene rings is 1. The van der Waals surface area contributed by atoms with Crippen LogP contribution in [0.25, 0.3) is 11.4 Å². The van der Waals surface area contributed by atoms with Crippen molar-refractivity contribution in [3.63, 3.8) is 0 Å². The molecule has 2 aromatic rings. The van der Waals surface area contributed by atoms with Crippen LogP contribution >= 0.6 is 23.2 Å². The second-order valence-corrected chi connectivity index (χ2v) is 5.76. The first kappa shape index (κ1) is 13.7. The van der Waals surface area contributed by atoms with Crippen LogP contribution in [0, 0.1) is 0 Å². The zero-order valence-corrected chi connectivity index (χ0v) is 12.4. The maximum absolute atomic E-state index is 9.48. The fourth-order valence-corrected chi connectivity index (χ4v) is 2.96. The number of aryl methyl sites for hydroxylation is 1. The van der Waals surface area contributed by atoms with Gasteiger partial charge < -0.3 is 5.11 Å². The van der Waals surface area contributed by atoms with E-state index in [1.54, 1.807) is 18.2 Å². The lowest BCUT2D eigenvalue weighted by Crippen LogP contribution is -2.02. The number of phenols is 1. The summed E-state index contributed by atoms with van der Waals surface area (Å²) in [6.45, 7) is 0. The normalized spacial score (nSPS) is 14.7. The molecule has 0 saturated carbocycles. The first-order valence-electron chi connectivity index (χ1n) is 6.69. The Balaban J connectivity index is 2.08. The van der Waals surface area contributed by atoms with Crippen molar-refractivity contribution in [2.75, 3.05) is 0 Å². The summed E-state index contributed by atoms with van der Waals surface area (Å²) in [6.07, 6.45) is 5.37. The zero-order chi connectivity index (χ0) is 14.1. The van der Waals surface area contributed by atoms with Crippen molar-refractivity contribution < 1.29 is 5.11 Å². The number of hydrogen-bond acceptors (Lipinski definition) is 3. The van der Waals surface area contributed by atoms with Crippen molar-refractivity contribution in [1.82, 2.24) is 9.97 Å². The lowest BCUT2D eigenvalue weighted by Gasteiger charge is -2.10. The molecule has 1 N–H and O–H groups in total. The van der Waals surface area contributed by atoms with Crippen molar-refractivity contribution in [3.8, 4) is 17.1 Å². The molecule has 20 heavy (non-hydrogen) atoms. The van der Waals surface area contributed by atoms with Crippen molar-refractivity contribution in [1.29, 1.82) is 0 Å². The minimum atomic E-state index is 0.0521. The van der Waals surface area contributed by atoms with Gasteiger partial charge in [-0.15, -0.1) is 0 Å². The van der Waals surface area contributed by atoms with E-state index in [1.807, 2.05) is 0 Å². The Kier molecular flexibility index (Phi) is 3.81. The Hall–Kier alpha value is -1.32. The maximum atomic E-state index is 9.48. The van der Waals surface area contributed by atoms with Crippen LogP contribution in [-0.2, 0) is 12.8 Å². The molecule has 3 rings (SSSR count). The number of phenolic OH excluding ortho intramolecular Hbond substituents is 1. The van der Waals surface area contributed by atoms with E-state index in [9.17, 15) is 5.11 Å². The van der Waals surface area contributed by atoms with Gasteiger partial charge in [-0.1, -0.05) is 29.6 Å². The molecule has 1 aromatic heterocycles. The highest BCUT2D eigenvalue weighted by atomic mass is 35.5. The Bertz CT molecular complexity index is 659. The average molecular weight is 309 g/mol. The molecule has 0 bridgehead atoms. The summed E-state index contributed by atoms with van der Waals surface area (Å²) in [7, 11) is 0. The highest BCUT2D eigenvalue weighted by molar-refractivity contribution is 6.32. The van der Waals surface area contributed by atoms with E-state index in [4.69, 9.17) is 23.2 Å². The number of hydrogen-bond donors (Lipinski definition) is 1. The van der Waals surface area contributed by atoms with Gasteiger partial charge in [0.2, 0.25) is 0 Å². The third kappa shape index (κ3) is 2.60. The van der Waals surface area contributed by atoms with Crippen LogP contribution in [-0.4, -0.2) is 15.1 Å². The predicted octanol–water partition coefficient (Wildman–Crippen LogP) is 4.42. The van der Waals surface area contributed by atoms with E-state index in [0.717, 1.165) is 42.5 Å². The summed E-state index contributed by atoms with van der Waals surface area (Å²) in [5.41, 5.74) is 2.89. The molecule has 0 spiro atoms. The largest absolute Gasteiger partial charge is 0.506 e. The van der Waals surface area contributed by atoms with Crippen molar-refractivity contribution >= 4 is 23.2 Å². The lowest BCUT2D eigenvalue weighted by atomic mass is 10.1.